The first-order valence-electron chi connectivity index (χ1n) is 12.7. The van der Waals surface area contributed by atoms with Crippen LogP contribution in [-0.2, 0) is 12.2 Å². The lowest BCUT2D eigenvalue weighted by molar-refractivity contribution is -0.616. The Balaban J connectivity index is 1.40. The summed E-state index contributed by atoms with van der Waals surface area (Å²) < 4.78 is 6.72. The van der Waals surface area contributed by atoms with E-state index in [0.29, 0.717) is 41.4 Å². The van der Waals surface area contributed by atoms with E-state index in [9.17, 15) is 20.2 Å². The lowest BCUT2D eigenvalue weighted by Gasteiger charge is -2.50. The molecule has 7 nitrogen and oxygen atoms in total. The number of hydrogen-bond donors (Lipinski definition) is 2. The van der Waals surface area contributed by atoms with E-state index in [0.717, 1.165) is 34.5 Å². The molecule has 1 saturated heterocycles. The molecule has 0 radical (unpaired) electrons. The van der Waals surface area contributed by atoms with Crippen LogP contribution in [0.1, 0.15) is 59.4 Å². The molecular weight excluding hydrogens is 504 g/mol. The van der Waals surface area contributed by atoms with Crippen molar-refractivity contribution in [2.45, 2.75) is 38.9 Å². The molecule has 1 unspecified atom stereocenters. The van der Waals surface area contributed by atoms with E-state index in [-0.39, 0.29) is 12.2 Å². The SMILES string of the molecule is CC1(C)CN(CC/C=C2/c3cc(C(=O)O)ccc3OCc3c2ccc[n+]3[O-])CCC1(O)c1ccc(Cl)cc1. The molecule has 38 heavy (non-hydrogen) atoms. The van der Waals surface area contributed by atoms with E-state index in [4.69, 9.17) is 16.3 Å². The highest BCUT2D eigenvalue weighted by Gasteiger charge is 2.48. The van der Waals surface area contributed by atoms with Crippen molar-refractivity contribution in [1.29, 1.82) is 0 Å². The highest BCUT2D eigenvalue weighted by atomic mass is 35.5. The molecule has 0 spiro atoms. The molecule has 0 bridgehead atoms. The summed E-state index contributed by atoms with van der Waals surface area (Å²) in [4.78, 5) is 14.0. The van der Waals surface area contributed by atoms with Crippen LogP contribution < -0.4 is 9.47 Å². The van der Waals surface area contributed by atoms with Crippen LogP contribution in [0.4, 0.5) is 0 Å². The van der Waals surface area contributed by atoms with Crippen molar-refractivity contribution in [1.82, 2.24) is 4.90 Å². The third kappa shape index (κ3) is 4.77. The number of fused-ring (bicyclic) bond motifs is 2. The Bertz CT molecular complexity index is 1400. The van der Waals surface area contributed by atoms with Gasteiger partial charge < -0.3 is 25.1 Å². The number of ether oxygens (including phenoxy) is 1. The van der Waals surface area contributed by atoms with E-state index in [2.05, 4.69) is 24.8 Å². The number of aliphatic hydroxyl groups is 1. The van der Waals surface area contributed by atoms with Crippen LogP contribution in [0.3, 0.4) is 0 Å². The summed E-state index contributed by atoms with van der Waals surface area (Å²) in [6.45, 7) is 6.45. The lowest BCUT2D eigenvalue weighted by Crippen LogP contribution is -2.55. The number of halogens is 1. The minimum absolute atomic E-state index is 0.0972. The van der Waals surface area contributed by atoms with Crippen molar-refractivity contribution < 1.29 is 24.5 Å². The van der Waals surface area contributed by atoms with Gasteiger partial charge in [-0.05, 0) is 60.4 Å². The predicted molar refractivity (Wildman–Crippen MR) is 145 cm³/mol. The Labute approximate surface area is 227 Å². The molecule has 2 aromatic carbocycles. The first kappa shape index (κ1) is 26.2. The molecule has 2 aliphatic heterocycles. The van der Waals surface area contributed by atoms with Crippen LogP contribution in [0.5, 0.6) is 5.75 Å². The minimum atomic E-state index is -1.02. The number of hydrogen-bond acceptors (Lipinski definition) is 5. The van der Waals surface area contributed by atoms with Crippen LogP contribution in [-0.4, -0.2) is 40.7 Å². The van der Waals surface area contributed by atoms with Gasteiger partial charge in [0.25, 0.3) is 0 Å². The fourth-order valence-electron chi connectivity index (χ4n) is 5.69. The zero-order chi connectivity index (χ0) is 27.1. The Morgan fingerprint density at radius 2 is 1.95 bits per heavy atom. The van der Waals surface area contributed by atoms with Gasteiger partial charge in [0.15, 0.2) is 12.8 Å². The molecule has 1 aromatic heterocycles. The van der Waals surface area contributed by atoms with Gasteiger partial charge >= 0.3 is 5.97 Å². The Morgan fingerprint density at radius 3 is 2.66 bits per heavy atom. The zero-order valence-electron chi connectivity index (χ0n) is 21.5. The molecule has 3 heterocycles. The molecule has 3 aromatic rings. The zero-order valence-corrected chi connectivity index (χ0v) is 22.2. The van der Waals surface area contributed by atoms with E-state index in [1.807, 2.05) is 30.3 Å². The van der Waals surface area contributed by atoms with E-state index < -0.39 is 17.0 Å². The van der Waals surface area contributed by atoms with Gasteiger partial charge in [0.05, 0.1) is 16.7 Å². The number of carboxylic acids is 1. The smallest absolute Gasteiger partial charge is 0.335 e. The number of pyridine rings is 1. The topological polar surface area (TPSA) is 96.9 Å². The van der Waals surface area contributed by atoms with Crippen molar-refractivity contribution in [3.63, 3.8) is 0 Å². The summed E-state index contributed by atoms with van der Waals surface area (Å²) in [7, 11) is 0. The van der Waals surface area contributed by atoms with Crippen molar-refractivity contribution in [3.8, 4) is 5.75 Å². The highest BCUT2D eigenvalue weighted by Crippen LogP contribution is 2.46. The number of nitrogens with zero attached hydrogens (tertiary/aromatic N) is 2. The predicted octanol–water partition coefficient (Wildman–Crippen LogP) is 5.01. The normalized spacial score (nSPS) is 21.7. The molecule has 2 N–H and O–H groups in total. The molecule has 0 saturated carbocycles. The number of aromatic nitrogens is 1. The van der Waals surface area contributed by atoms with Crippen LogP contribution >= 0.6 is 11.6 Å². The standard InChI is InChI=1S/C30H31ClN2O5/c1-29(2)19-32(16-13-30(29,36)21-8-10-22(31)11-9-21)14-3-5-23-24-6-4-15-33(37)26(24)18-38-27-12-7-20(28(34)35)17-25(23)27/h4-12,15,17,36H,3,13-14,16,18-19H2,1-2H3,(H,34,35)/b23-5+. The van der Waals surface area contributed by atoms with Crippen molar-refractivity contribution in [2.24, 2.45) is 5.41 Å². The van der Waals surface area contributed by atoms with Crippen molar-refractivity contribution in [3.05, 3.63) is 105 Å². The second kappa shape index (κ2) is 10.1. The van der Waals surface area contributed by atoms with Crippen molar-refractivity contribution >= 4 is 23.1 Å². The second-order valence-corrected chi connectivity index (χ2v) is 11.1. The number of aromatic carboxylic acids is 1. The number of carbonyl (C=O) groups is 1. The van der Waals surface area contributed by atoms with Gasteiger partial charge in [-0.1, -0.05) is 43.7 Å². The summed E-state index contributed by atoms with van der Waals surface area (Å²) in [5, 5.41) is 34.4. The highest BCUT2D eigenvalue weighted by molar-refractivity contribution is 6.30. The summed E-state index contributed by atoms with van der Waals surface area (Å²) in [6.07, 6.45) is 4.77. The van der Waals surface area contributed by atoms with E-state index in [1.54, 1.807) is 18.2 Å². The molecule has 1 fully saturated rings. The van der Waals surface area contributed by atoms with Crippen LogP contribution in [0.15, 0.2) is 66.9 Å². The summed E-state index contributed by atoms with van der Waals surface area (Å²) >= 11 is 6.07. The van der Waals surface area contributed by atoms with Crippen LogP contribution in [0.2, 0.25) is 5.02 Å². The average molecular weight is 535 g/mol. The molecule has 0 aliphatic carbocycles. The third-order valence-electron chi connectivity index (χ3n) is 7.88. The van der Waals surface area contributed by atoms with Crippen LogP contribution in [0.25, 0.3) is 5.57 Å². The average Bonchev–Trinajstić information content (AvgIpc) is 3.04. The maximum atomic E-state index is 12.6. The van der Waals surface area contributed by atoms with Crippen molar-refractivity contribution in [2.75, 3.05) is 19.6 Å². The molecule has 5 rings (SSSR count). The van der Waals surface area contributed by atoms with Gasteiger partial charge in [-0.25, -0.2) is 4.79 Å². The molecule has 8 heteroatoms. The van der Waals surface area contributed by atoms with Gasteiger partial charge in [-0.3, -0.25) is 0 Å². The number of likely N-dealkylation sites (tertiary alicyclic amines) is 1. The first-order valence-corrected chi connectivity index (χ1v) is 13.1. The molecule has 0 amide bonds. The number of benzene rings is 2. The van der Waals surface area contributed by atoms with E-state index in [1.165, 1.54) is 12.3 Å². The molecule has 198 valence electrons. The molecule has 2 aliphatic rings. The van der Waals surface area contributed by atoms with Gasteiger partial charge in [-0.2, -0.15) is 4.73 Å². The fraction of sp³-hybridized carbons (Fsp3) is 0.333. The second-order valence-electron chi connectivity index (χ2n) is 10.7. The number of piperidine rings is 1. The van der Waals surface area contributed by atoms with Gasteiger partial charge in [-0.15, -0.1) is 0 Å². The minimum Gasteiger partial charge on any atom is -0.618 e. The van der Waals surface area contributed by atoms with Gasteiger partial charge in [0.2, 0.25) is 5.69 Å². The van der Waals surface area contributed by atoms with Crippen LogP contribution in [0, 0.1) is 10.6 Å². The molecular formula is C30H31ClN2O5. The maximum Gasteiger partial charge on any atom is 0.335 e. The summed E-state index contributed by atoms with van der Waals surface area (Å²) in [5.74, 6) is -0.475. The van der Waals surface area contributed by atoms with Gasteiger partial charge in [0, 0.05) is 41.7 Å². The Kier molecular flexibility index (Phi) is 6.94. The first-order chi connectivity index (χ1) is 18.1. The maximum absolute atomic E-state index is 12.6. The number of carboxylic acid groups (broad SMARTS) is 1. The largest absolute Gasteiger partial charge is 0.618 e. The summed E-state index contributed by atoms with van der Waals surface area (Å²) in [5.41, 5.74) is 2.34. The monoisotopic (exact) mass is 534 g/mol. The van der Waals surface area contributed by atoms with E-state index >= 15 is 0 Å². The van der Waals surface area contributed by atoms with Gasteiger partial charge in [0.1, 0.15) is 5.75 Å². The fourth-order valence-corrected chi connectivity index (χ4v) is 5.82. The quantitative estimate of drug-likeness (QED) is 0.353. The molecule has 1 atom stereocenters. The summed E-state index contributed by atoms with van der Waals surface area (Å²) in [6, 6.07) is 15.8. The Morgan fingerprint density at radius 1 is 1.18 bits per heavy atom. The third-order valence-corrected chi connectivity index (χ3v) is 8.13. The number of rotatable bonds is 5. The lowest BCUT2D eigenvalue weighted by atomic mass is 9.66. The Hall–Kier alpha value is -3.39.